The summed E-state index contributed by atoms with van der Waals surface area (Å²) >= 11 is 0. The van der Waals surface area contributed by atoms with Gasteiger partial charge < -0.3 is 15.4 Å². The first kappa shape index (κ1) is 12.4. The number of rotatable bonds is 3. The summed E-state index contributed by atoms with van der Waals surface area (Å²) in [6.45, 7) is 5.77. The smallest absolute Gasteiger partial charge is 0.0721 e. The van der Waals surface area contributed by atoms with Gasteiger partial charge in [-0.2, -0.15) is 0 Å². The standard InChI is InChI=1S/C14H22N2O/c1-12-11-16(9-4-10-17-12)14-6-3-2-5-13(14)7-8-15/h2-3,5-6,12H,4,7-11,15H2,1H3. The highest BCUT2D eigenvalue weighted by atomic mass is 16.5. The minimum atomic E-state index is 0.309. The Morgan fingerprint density at radius 1 is 1.41 bits per heavy atom. The van der Waals surface area contributed by atoms with Crippen molar-refractivity contribution in [3.63, 3.8) is 0 Å². The summed E-state index contributed by atoms with van der Waals surface area (Å²) in [5.41, 5.74) is 8.35. The van der Waals surface area contributed by atoms with Crippen molar-refractivity contribution in [2.75, 3.05) is 31.1 Å². The maximum Gasteiger partial charge on any atom is 0.0721 e. The van der Waals surface area contributed by atoms with E-state index < -0.39 is 0 Å². The number of hydrogen-bond donors (Lipinski definition) is 1. The lowest BCUT2D eigenvalue weighted by Crippen LogP contribution is -2.31. The van der Waals surface area contributed by atoms with E-state index in [1.54, 1.807) is 0 Å². The second kappa shape index (κ2) is 6.03. The molecule has 2 N–H and O–H groups in total. The molecule has 0 aliphatic carbocycles. The molecule has 3 heteroatoms. The fraction of sp³-hybridized carbons (Fsp3) is 0.571. The lowest BCUT2D eigenvalue weighted by atomic mass is 10.1. The van der Waals surface area contributed by atoms with Crippen LogP contribution in [0, 0.1) is 0 Å². The van der Waals surface area contributed by atoms with Gasteiger partial charge in [-0.05, 0) is 37.9 Å². The Morgan fingerprint density at radius 3 is 3.06 bits per heavy atom. The van der Waals surface area contributed by atoms with Gasteiger partial charge in [-0.25, -0.2) is 0 Å². The van der Waals surface area contributed by atoms with Crippen molar-refractivity contribution in [3.8, 4) is 0 Å². The predicted octanol–water partition coefficient (Wildman–Crippen LogP) is 1.80. The first-order chi connectivity index (χ1) is 8.31. The third-order valence-electron chi connectivity index (χ3n) is 3.20. The third kappa shape index (κ3) is 3.20. The number of anilines is 1. The average molecular weight is 234 g/mol. The molecule has 17 heavy (non-hydrogen) atoms. The van der Waals surface area contributed by atoms with Crippen molar-refractivity contribution in [1.82, 2.24) is 0 Å². The minimum absolute atomic E-state index is 0.309. The molecule has 1 aromatic rings. The molecule has 1 aliphatic heterocycles. The van der Waals surface area contributed by atoms with Crippen LogP contribution in [0.2, 0.25) is 0 Å². The number of hydrogen-bond acceptors (Lipinski definition) is 3. The SMILES string of the molecule is CC1CN(c2ccccc2CCN)CCCO1. The van der Waals surface area contributed by atoms with Gasteiger partial charge in [0.1, 0.15) is 0 Å². The quantitative estimate of drug-likeness (QED) is 0.866. The van der Waals surface area contributed by atoms with Crippen LogP contribution in [-0.4, -0.2) is 32.3 Å². The molecule has 2 rings (SSSR count). The van der Waals surface area contributed by atoms with Crippen LogP contribution in [0.3, 0.4) is 0 Å². The van der Waals surface area contributed by atoms with Gasteiger partial charge in [0, 0.05) is 25.4 Å². The Hall–Kier alpha value is -1.06. The molecule has 1 unspecified atom stereocenters. The van der Waals surface area contributed by atoms with Crippen LogP contribution >= 0.6 is 0 Å². The summed E-state index contributed by atoms with van der Waals surface area (Å²) in [6, 6.07) is 8.57. The Balaban J connectivity index is 2.19. The number of nitrogens with two attached hydrogens (primary N) is 1. The monoisotopic (exact) mass is 234 g/mol. The van der Waals surface area contributed by atoms with Gasteiger partial charge in [0.15, 0.2) is 0 Å². The zero-order valence-electron chi connectivity index (χ0n) is 10.6. The highest BCUT2D eigenvalue weighted by Gasteiger charge is 2.17. The lowest BCUT2D eigenvalue weighted by molar-refractivity contribution is 0.0821. The summed E-state index contributed by atoms with van der Waals surface area (Å²) in [5, 5.41) is 0. The normalized spacial score (nSPS) is 21.3. The van der Waals surface area contributed by atoms with Crippen LogP contribution in [0.4, 0.5) is 5.69 Å². The maximum absolute atomic E-state index is 5.69. The molecule has 3 nitrogen and oxygen atoms in total. The first-order valence-corrected chi connectivity index (χ1v) is 6.46. The van der Waals surface area contributed by atoms with E-state index in [4.69, 9.17) is 10.5 Å². The largest absolute Gasteiger partial charge is 0.377 e. The van der Waals surface area contributed by atoms with Crippen molar-refractivity contribution in [3.05, 3.63) is 29.8 Å². The van der Waals surface area contributed by atoms with E-state index in [-0.39, 0.29) is 0 Å². The molecule has 1 atom stereocenters. The number of benzene rings is 1. The van der Waals surface area contributed by atoms with E-state index in [0.717, 1.165) is 32.5 Å². The van der Waals surface area contributed by atoms with Crippen LogP contribution < -0.4 is 10.6 Å². The average Bonchev–Trinajstić information content (AvgIpc) is 2.55. The molecule has 1 aromatic carbocycles. The molecule has 1 fully saturated rings. The van der Waals surface area contributed by atoms with Gasteiger partial charge in [-0.3, -0.25) is 0 Å². The van der Waals surface area contributed by atoms with Crippen molar-refractivity contribution in [1.29, 1.82) is 0 Å². The Morgan fingerprint density at radius 2 is 2.24 bits per heavy atom. The number of ether oxygens (including phenoxy) is 1. The third-order valence-corrected chi connectivity index (χ3v) is 3.20. The summed E-state index contributed by atoms with van der Waals surface area (Å²) < 4.78 is 5.69. The summed E-state index contributed by atoms with van der Waals surface area (Å²) in [7, 11) is 0. The van der Waals surface area contributed by atoms with Gasteiger partial charge in [0.25, 0.3) is 0 Å². The van der Waals surface area contributed by atoms with Gasteiger partial charge in [-0.1, -0.05) is 18.2 Å². The molecule has 0 radical (unpaired) electrons. The topological polar surface area (TPSA) is 38.5 Å². The van der Waals surface area contributed by atoms with E-state index in [1.807, 2.05) is 0 Å². The lowest BCUT2D eigenvalue weighted by Gasteiger charge is -2.26. The molecule has 0 bridgehead atoms. The van der Waals surface area contributed by atoms with E-state index in [9.17, 15) is 0 Å². The highest BCUT2D eigenvalue weighted by Crippen LogP contribution is 2.22. The van der Waals surface area contributed by atoms with Crippen LogP contribution in [-0.2, 0) is 11.2 Å². The molecule has 0 saturated carbocycles. The molecule has 0 aromatic heterocycles. The second-order valence-electron chi connectivity index (χ2n) is 4.65. The van der Waals surface area contributed by atoms with Crippen LogP contribution in [0.5, 0.6) is 0 Å². The summed E-state index contributed by atoms with van der Waals surface area (Å²) in [4.78, 5) is 2.43. The minimum Gasteiger partial charge on any atom is -0.377 e. The second-order valence-corrected chi connectivity index (χ2v) is 4.65. The maximum atomic E-state index is 5.69. The van der Waals surface area contributed by atoms with Crippen molar-refractivity contribution in [2.45, 2.75) is 25.9 Å². The van der Waals surface area contributed by atoms with Crippen molar-refractivity contribution < 1.29 is 4.74 Å². The van der Waals surface area contributed by atoms with Gasteiger partial charge in [-0.15, -0.1) is 0 Å². The number of nitrogens with zero attached hydrogens (tertiary/aromatic N) is 1. The predicted molar refractivity (Wildman–Crippen MR) is 71.4 cm³/mol. The van der Waals surface area contributed by atoms with Gasteiger partial charge >= 0.3 is 0 Å². The van der Waals surface area contributed by atoms with E-state index in [0.29, 0.717) is 12.6 Å². The Bertz CT molecular complexity index is 354. The van der Waals surface area contributed by atoms with Gasteiger partial charge in [0.2, 0.25) is 0 Å². The summed E-state index contributed by atoms with van der Waals surface area (Å²) in [5.74, 6) is 0. The molecule has 1 aliphatic rings. The van der Waals surface area contributed by atoms with E-state index in [1.165, 1.54) is 11.3 Å². The molecule has 94 valence electrons. The first-order valence-electron chi connectivity index (χ1n) is 6.46. The molecule has 1 saturated heterocycles. The van der Waals surface area contributed by atoms with Crippen LogP contribution in [0.1, 0.15) is 18.9 Å². The fourth-order valence-corrected chi connectivity index (χ4v) is 2.40. The van der Waals surface area contributed by atoms with Gasteiger partial charge in [0.05, 0.1) is 6.10 Å². The molecule has 0 spiro atoms. The highest BCUT2D eigenvalue weighted by molar-refractivity contribution is 5.54. The van der Waals surface area contributed by atoms with Crippen molar-refractivity contribution >= 4 is 5.69 Å². The van der Waals surface area contributed by atoms with Crippen LogP contribution in [0.15, 0.2) is 24.3 Å². The Kier molecular flexibility index (Phi) is 4.40. The zero-order chi connectivity index (χ0) is 12.1. The molecular formula is C14H22N2O. The zero-order valence-corrected chi connectivity index (χ0v) is 10.6. The fourth-order valence-electron chi connectivity index (χ4n) is 2.40. The molecule has 1 heterocycles. The number of para-hydroxylation sites is 1. The van der Waals surface area contributed by atoms with Crippen molar-refractivity contribution in [2.24, 2.45) is 5.73 Å². The van der Waals surface area contributed by atoms with Crippen LogP contribution in [0.25, 0.3) is 0 Å². The van der Waals surface area contributed by atoms with E-state index >= 15 is 0 Å². The Labute approximate surface area is 104 Å². The van der Waals surface area contributed by atoms with E-state index in [2.05, 4.69) is 36.1 Å². The molecular weight excluding hydrogens is 212 g/mol. The summed E-state index contributed by atoms with van der Waals surface area (Å²) in [6.07, 6.45) is 2.35. The molecule has 0 amide bonds.